The van der Waals surface area contributed by atoms with Crippen molar-refractivity contribution in [3.8, 4) is 0 Å². The molecule has 19 heavy (non-hydrogen) atoms. The molecule has 1 aliphatic heterocycles. The third-order valence-electron chi connectivity index (χ3n) is 4.87. The highest BCUT2D eigenvalue weighted by molar-refractivity contribution is 7.99. The molecule has 2 aliphatic rings. The molecule has 0 spiro atoms. The van der Waals surface area contributed by atoms with E-state index in [1.165, 1.54) is 57.5 Å². The third-order valence-corrected chi connectivity index (χ3v) is 6.10. The van der Waals surface area contributed by atoms with E-state index >= 15 is 0 Å². The maximum Gasteiger partial charge on any atom is 0.0117 e. The minimum absolute atomic E-state index is 0.762. The van der Waals surface area contributed by atoms with Crippen LogP contribution >= 0.6 is 11.8 Å². The Bertz CT molecular complexity index is 259. The summed E-state index contributed by atoms with van der Waals surface area (Å²) in [6.45, 7) is 10.8. The van der Waals surface area contributed by atoms with Gasteiger partial charge in [-0.05, 0) is 56.9 Å². The van der Waals surface area contributed by atoms with E-state index in [-0.39, 0.29) is 0 Å². The van der Waals surface area contributed by atoms with Gasteiger partial charge in [0.05, 0.1) is 0 Å². The Morgan fingerprint density at radius 2 is 2.05 bits per heavy atom. The molecular weight excluding hydrogens is 252 g/mol. The summed E-state index contributed by atoms with van der Waals surface area (Å²) < 4.78 is 0. The van der Waals surface area contributed by atoms with Crippen molar-refractivity contribution in [3.05, 3.63) is 0 Å². The summed E-state index contributed by atoms with van der Waals surface area (Å²) in [5, 5.41) is 4.68. The number of hydrogen-bond acceptors (Lipinski definition) is 3. The van der Waals surface area contributed by atoms with Gasteiger partial charge in [0.2, 0.25) is 0 Å². The fraction of sp³-hybridized carbons (Fsp3) is 1.00. The lowest BCUT2D eigenvalue weighted by Gasteiger charge is -2.40. The second kappa shape index (κ2) is 7.90. The van der Waals surface area contributed by atoms with Crippen molar-refractivity contribution in [1.82, 2.24) is 10.2 Å². The molecule has 0 aromatic carbocycles. The molecule has 4 atom stereocenters. The predicted molar refractivity (Wildman–Crippen MR) is 87.0 cm³/mol. The molecule has 0 aromatic heterocycles. The number of piperidine rings is 1. The molecule has 0 aromatic rings. The lowest BCUT2D eigenvalue weighted by atomic mass is 9.92. The Hall–Kier alpha value is 0.270. The van der Waals surface area contributed by atoms with Gasteiger partial charge in [0.1, 0.15) is 0 Å². The van der Waals surface area contributed by atoms with Gasteiger partial charge in [0, 0.05) is 23.9 Å². The summed E-state index contributed by atoms with van der Waals surface area (Å²) in [6.07, 6.45) is 6.94. The molecule has 1 N–H and O–H groups in total. The lowest BCUT2D eigenvalue weighted by molar-refractivity contribution is 0.106. The van der Waals surface area contributed by atoms with Crippen LogP contribution in [0.1, 0.15) is 52.9 Å². The van der Waals surface area contributed by atoms with Crippen molar-refractivity contribution in [3.63, 3.8) is 0 Å². The van der Waals surface area contributed by atoms with Gasteiger partial charge < -0.3 is 5.32 Å². The lowest BCUT2D eigenvalue weighted by Crippen LogP contribution is -2.51. The molecule has 0 bridgehead atoms. The molecule has 1 saturated carbocycles. The van der Waals surface area contributed by atoms with Gasteiger partial charge in [-0.15, -0.1) is 0 Å². The van der Waals surface area contributed by atoms with Crippen LogP contribution in [0, 0.1) is 5.92 Å². The van der Waals surface area contributed by atoms with Gasteiger partial charge in [-0.3, -0.25) is 4.90 Å². The first kappa shape index (κ1) is 15.7. The minimum atomic E-state index is 0.762. The van der Waals surface area contributed by atoms with Crippen LogP contribution in [0.4, 0.5) is 0 Å². The van der Waals surface area contributed by atoms with Crippen molar-refractivity contribution in [2.24, 2.45) is 5.92 Å². The van der Waals surface area contributed by atoms with Crippen LogP contribution in [0.3, 0.4) is 0 Å². The van der Waals surface area contributed by atoms with E-state index in [0.29, 0.717) is 0 Å². The highest BCUT2D eigenvalue weighted by Gasteiger charge is 2.33. The average molecular weight is 285 g/mol. The Morgan fingerprint density at radius 1 is 1.21 bits per heavy atom. The van der Waals surface area contributed by atoms with Crippen LogP contribution in [-0.4, -0.2) is 47.6 Å². The van der Waals surface area contributed by atoms with E-state index in [4.69, 9.17) is 0 Å². The minimum Gasteiger partial charge on any atom is -0.314 e. The first-order valence-corrected chi connectivity index (χ1v) is 9.38. The van der Waals surface area contributed by atoms with Crippen molar-refractivity contribution in [2.45, 2.75) is 70.2 Å². The number of nitrogens with one attached hydrogen (secondary N) is 1. The zero-order valence-electron chi connectivity index (χ0n) is 13.0. The summed E-state index contributed by atoms with van der Waals surface area (Å²) in [5.74, 6) is 2.11. The number of rotatable bonds is 6. The molecule has 2 fully saturated rings. The smallest absolute Gasteiger partial charge is 0.0117 e. The van der Waals surface area contributed by atoms with Gasteiger partial charge >= 0.3 is 0 Å². The molecule has 1 heterocycles. The maximum atomic E-state index is 3.73. The summed E-state index contributed by atoms with van der Waals surface area (Å²) in [7, 11) is 0. The molecule has 1 saturated heterocycles. The standard InChI is InChI=1S/C16H32N2S/c1-4-9-17-16-8-10-18(12-13(16)3)14-6-7-15(11-14)19-5-2/h13-17H,4-12H2,1-3H3. The Morgan fingerprint density at radius 3 is 2.74 bits per heavy atom. The average Bonchev–Trinajstić information content (AvgIpc) is 2.86. The Labute approximate surface area is 124 Å². The summed E-state index contributed by atoms with van der Waals surface area (Å²) >= 11 is 2.18. The molecule has 0 radical (unpaired) electrons. The fourth-order valence-corrected chi connectivity index (χ4v) is 4.91. The number of likely N-dealkylation sites (tertiary alicyclic amines) is 1. The van der Waals surface area contributed by atoms with E-state index in [2.05, 4.69) is 42.7 Å². The van der Waals surface area contributed by atoms with Crippen molar-refractivity contribution in [1.29, 1.82) is 0 Å². The van der Waals surface area contributed by atoms with Crippen molar-refractivity contribution in [2.75, 3.05) is 25.4 Å². The molecule has 3 heteroatoms. The Balaban J connectivity index is 1.75. The second-order valence-electron chi connectivity index (χ2n) is 6.37. The maximum absolute atomic E-state index is 3.73. The molecule has 2 nitrogen and oxygen atoms in total. The first-order chi connectivity index (χ1) is 9.24. The highest BCUT2D eigenvalue weighted by Crippen LogP contribution is 2.34. The predicted octanol–water partition coefficient (Wildman–Crippen LogP) is 3.37. The summed E-state index contributed by atoms with van der Waals surface area (Å²) in [4.78, 5) is 2.80. The van der Waals surface area contributed by atoms with Gasteiger partial charge in [0.15, 0.2) is 0 Å². The van der Waals surface area contributed by atoms with E-state index in [1.807, 2.05) is 0 Å². The molecule has 0 amide bonds. The largest absolute Gasteiger partial charge is 0.314 e. The molecular formula is C16H32N2S. The van der Waals surface area contributed by atoms with E-state index in [9.17, 15) is 0 Å². The van der Waals surface area contributed by atoms with E-state index in [1.54, 1.807) is 0 Å². The third kappa shape index (κ3) is 4.37. The summed E-state index contributed by atoms with van der Waals surface area (Å²) in [5.41, 5.74) is 0. The van der Waals surface area contributed by atoms with E-state index < -0.39 is 0 Å². The Kier molecular flexibility index (Phi) is 6.51. The molecule has 112 valence electrons. The van der Waals surface area contributed by atoms with Crippen LogP contribution in [0.15, 0.2) is 0 Å². The van der Waals surface area contributed by atoms with E-state index in [0.717, 1.165) is 23.3 Å². The molecule has 1 aliphatic carbocycles. The fourth-order valence-electron chi connectivity index (χ4n) is 3.78. The number of thioether (sulfide) groups is 1. The summed E-state index contributed by atoms with van der Waals surface area (Å²) in [6, 6.07) is 1.65. The van der Waals surface area contributed by atoms with Crippen molar-refractivity contribution < 1.29 is 0 Å². The van der Waals surface area contributed by atoms with Crippen LogP contribution in [0.2, 0.25) is 0 Å². The van der Waals surface area contributed by atoms with Gasteiger partial charge in [-0.25, -0.2) is 0 Å². The number of nitrogens with zero attached hydrogens (tertiary/aromatic N) is 1. The highest BCUT2D eigenvalue weighted by atomic mass is 32.2. The van der Waals surface area contributed by atoms with Crippen LogP contribution in [0.5, 0.6) is 0 Å². The second-order valence-corrected chi connectivity index (χ2v) is 7.94. The van der Waals surface area contributed by atoms with Gasteiger partial charge in [-0.2, -0.15) is 11.8 Å². The van der Waals surface area contributed by atoms with Crippen molar-refractivity contribution >= 4 is 11.8 Å². The van der Waals surface area contributed by atoms with Crippen LogP contribution in [-0.2, 0) is 0 Å². The molecule has 2 rings (SSSR count). The molecule has 4 unspecified atom stereocenters. The van der Waals surface area contributed by atoms with Crippen LogP contribution in [0.25, 0.3) is 0 Å². The zero-order chi connectivity index (χ0) is 13.7. The number of hydrogen-bond donors (Lipinski definition) is 1. The van der Waals surface area contributed by atoms with Gasteiger partial charge in [-0.1, -0.05) is 20.8 Å². The first-order valence-electron chi connectivity index (χ1n) is 8.33. The quantitative estimate of drug-likeness (QED) is 0.805. The SMILES string of the molecule is CCCNC1CCN(C2CCC(SCC)C2)CC1C. The normalized spacial score (nSPS) is 36.8. The monoisotopic (exact) mass is 284 g/mol. The van der Waals surface area contributed by atoms with Crippen LogP contribution < -0.4 is 5.32 Å². The zero-order valence-corrected chi connectivity index (χ0v) is 13.8. The van der Waals surface area contributed by atoms with Gasteiger partial charge in [0.25, 0.3) is 0 Å². The topological polar surface area (TPSA) is 15.3 Å².